The zero-order chi connectivity index (χ0) is 16.9. The number of aryl methyl sites for hydroxylation is 1. The molecule has 0 atom stereocenters. The molecule has 0 bridgehead atoms. The number of aliphatic imine (C=N–C) groups is 1. The Morgan fingerprint density at radius 1 is 1.21 bits per heavy atom. The Labute approximate surface area is 143 Å². The van der Waals surface area contributed by atoms with Crippen molar-refractivity contribution in [3.8, 4) is 0 Å². The van der Waals surface area contributed by atoms with Gasteiger partial charge in [-0.25, -0.2) is 0 Å². The Morgan fingerprint density at radius 3 is 2.83 bits per heavy atom. The quantitative estimate of drug-likeness (QED) is 0.398. The number of aromatic nitrogens is 2. The van der Waals surface area contributed by atoms with E-state index < -0.39 is 0 Å². The van der Waals surface area contributed by atoms with Crippen LogP contribution in [-0.4, -0.2) is 42.0 Å². The number of nitrogens with zero attached hydrogens (tertiary/aromatic N) is 3. The van der Waals surface area contributed by atoms with Crippen LogP contribution >= 0.6 is 0 Å². The second-order valence-electron chi connectivity index (χ2n) is 5.35. The number of ether oxygens (including phenoxy) is 1. The summed E-state index contributed by atoms with van der Waals surface area (Å²) in [6, 6.07) is 12.1. The summed E-state index contributed by atoms with van der Waals surface area (Å²) in [4.78, 5) is 4.57. The first-order chi connectivity index (χ1) is 11.9. The highest BCUT2D eigenvalue weighted by Crippen LogP contribution is 1.99. The van der Waals surface area contributed by atoms with E-state index >= 15 is 0 Å². The van der Waals surface area contributed by atoms with E-state index in [-0.39, 0.29) is 0 Å². The van der Waals surface area contributed by atoms with Gasteiger partial charge < -0.3 is 15.4 Å². The average Bonchev–Trinajstić information content (AvgIpc) is 3.12. The molecule has 0 aliphatic heterocycles. The number of hydrogen-bond acceptors (Lipinski definition) is 3. The predicted octanol–water partition coefficient (Wildman–Crippen LogP) is 2.05. The van der Waals surface area contributed by atoms with E-state index in [0.717, 1.165) is 38.6 Å². The topological polar surface area (TPSA) is 63.5 Å². The van der Waals surface area contributed by atoms with Gasteiger partial charge in [-0.15, -0.1) is 0 Å². The van der Waals surface area contributed by atoms with Gasteiger partial charge in [0, 0.05) is 38.6 Å². The van der Waals surface area contributed by atoms with Gasteiger partial charge in [-0.1, -0.05) is 30.3 Å². The average molecular weight is 329 g/mol. The van der Waals surface area contributed by atoms with Crippen molar-refractivity contribution >= 4 is 5.96 Å². The van der Waals surface area contributed by atoms with Gasteiger partial charge in [0.15, 0.2) is 5.96 Å². The van der Waals surface area contributed by atoms with Crippen molar-refractivity contribution in [3.05, 3.63) is 54.4 Å². The van der Waals surface area contributed by atoms with E-state index in [1.54, 1.807) is 6.20 Å². The highest BCUT2D eigenvalue weighted by Gasteiger charge is 1.97. The molecule has 1 aromatic carbocycles. The van der Waals surface area contributed by atoms with Gasteiger partial charge >= 0.3 is 0 Å². The Morgan fingerprint density at radius 2 is 2.08 bits per heavy atom. The molecule has 1 aromatic heterocycles. The predicted molar refractivity (Wildman–Crippen MR) is 96.9 cm³/mol. The third kappa shape index (κ3) is 7.28. The van der Waals surface area contributed by atoms with E-state index in [1.165, 1.54) is 5.56 Å². The fourth-order valence-corrected chi connectivity index (χ4v) is 2.20. The van der Waals surface area contributed by atoms with Gasteiger partial charge in [-0.2, -0.15) is 5.10 Å². The molecule has 6 heteroatoms. The van der Waals surface area contributed by atoms with Gasteiger partial charge in [0.2, 0.25) is 0 Å². The lowest BCUT2D eigenvalue weighted by Gasteiger charge is -2.11. The lowest BCUT2D eigenvalue weighted by Crippen LogP contribution is -2.39. The molecule has 2 aromatic rings. The van der Waals surface area contributed by atoms with Gasteiger partial charge in [0.05, 0.1) is 13.2 Å². The Bertz CT molecular complexity index is 568. The van der Waals surface area contributed by atoms with Crippen LogP contribution in [0.15, 0.2) is 53.8 Å². The highest BCUT2D eigenvalue weighted by molar-refractivity contribution is 5.79. The van der Waals surface area contributed by atoms with Crippen molar-refractivity contribution in [1.82, 2.24) is 20.4 Å². The van der Waals surface area contributed by atoms with Crippen molar-refractivity contribution in [3.63, 3.8) is 0 Å². The molecular weight excluding hydrogens is 302 g/mol. The third-order valence-corrected chi connectivity index (χ3v) is 3.37. The Hall–Kier alpha value is -2.34. The molecule has 0 saturated carbocycles. The third-order valence-electron chi connectivity index (χ3n) is 3.37. The summed E-state index contributed by atoms with van der Waals surface area (Å²) >= 11 is 0. The minimum Gasteiger partial charge on any atom is -0.375 e. The fraction of sp³-hybridized carbons (Fsp3) is 0.444. The first-order valence-electron chi connectivity index (χ1n) is 8.49. The number of nitrogens with one attached hydrogen (secondary N) is 2. The van der Waals surface area contributed by atoms with Crippen molar-refractivity contribution < 1.29 is 4.74 Å². The maximum absolute atomic E-state index is 5.67. The second-order valence-corrected chi connectivity index (χ2v) is 5.35. The number of rotatable bonds is 10. The standard InChI is InChI=1S/C18H27N5O/c1-2-19-18(20-10-6-13-23-14-7-11-22-23)21-12-15-24-16-17-8-4-3-5-9-17/h3-5,7-9,11,14H,2,6,10,12-13,15-16H2,1H3,(H2,19,20,21). The zero-order valence-corrected chi connectivity index (χ0v) is 14.3. The highest BCUT2D eigenvalue weighted by atomic mass is 16.5. The van der Waals surface area contributed by atoms with Crippen LogP contribution < -0.4 is 10.6 Å². The number of benzene rings is 1. The number of hydrogen-bond donors (Lipinski definition) is 2. The lowest BCUT2D eigenvalue weighted by molar-refractivity contribution is 0.125. The number of guanidine groups is 1. The van der Waals surface area contributed by atoms with Crippen molar-refractivity contribution in [1.29, 1.82) is 0 Å². The molecule has 0 spiro atoms. The maximum Gasteiger partial charge on any atom is 0.191 e. The molecule has 0 aliphatic rings. The van der Waals surface area contributed by atoms with Crippen LogP contribution in [0, 0.1) is 0 Å². The smallest absolute Gasteiger partial charge is 0.191 e. The van der Waals surface area contributed by atoms with Gasteiger partial charge in [0.1, 0.15) is 0 Å². The minimum atomic E-state index is 0.639. The molecule has 2 N–H and O–H groups in total. The Balaban J connectivity index is 1.60. The fourth-order valence-electron chi connectivity index (χ4n) is 2.20. The molecule has 0 unspecified atom stereocenters. The van der Waals surface area contributed by atoms with Crippen LogP contribution in [0.25, 0.3) is 0 Å². The van der Waals surface area contributed by atoms with Crippen LogP contribution in [0.3, 0.4) is 0 Å². The first kappa shape index (κ1) is 18.0. The monoisotopic (exact) mass is 329 g/mol. The summed E-state index contributed by atoms with van der Waals surface area (Å²) in [5, 5.41) is 10.7. The summed E-state index contributed by atoms with van der Waals surface area (Å²) in [7, 11) is 0. The molecule has 0 fully saturated rings. The summed E-state index contributed by atoms with van der Waals surface area (Å²) in [5.74, 6) is 0.835. The maximum atomic E-state index is 5.67. The minimum absolute atomic E-state index is 0.639. The van der Waals surface area contributed by atoms with Crippen molar-refractivity contribution in [2.24, 2.45) is 4.99 Å². The molecule has 6 nitrogen and oxygen atoms in total. The molecular formula is C18H27N5O. The van der Waals surface area contributed by atoms with E-state index in [0.29, 0.717) is 13.2 Å². The van der Waals surface area contributed by atoms with Crippen molar-refractivity contribution in [2.45, 2.75) is 26.5 Å². The normalized spacial score (nSPS) is 11.5. The molecule has 2 rings (SSSR count). The van der Waals surface area contributed by atoms with E-state index in [4.69, 9.17) is 4.74 Å². The van der Waals surface area contributed by atoms with Crippen molar-refractivity contribution in [2.75, 3.05) is 26.2 Å². The van der Waals surface area contributed by atoms with Crippen LogP contribution in [0.4, 0.5) is 0 Å². The largest absolute Gasteiger partial charge is 0.375 e. The van der Waals surface area contributed by atoms with Crippen LogP contribution in [0.5, 0.6) is 0 Å². The molecule has 24 heavy (non-hydrogen) atoms. The molecule has 1 heterocycles. The zero-order valence-electron chi connectivity index (χ0n) is 14.3. The van der Waals surface area contributed by atoms with Crippen LogP contribution in [0.1, 0.15) is 18.9 Å². The summed E-state index contributed by atoms with van der Waals surface area (Å²) in [6.07, 6.45) is 4.73. The summed E-state index contributed by atoms with van der Waals surface area (Å²) in [5.41, 5.74) is 1.19. The molecule has 0 aliphatic carbocycles. The molecule has 0 amide bonds. The van der Waals surface area contributed by atoms with E-state index in [9.17, 15) is 0 Å². The van der Waals surface area contributed by atoms with E-state index in [1.807, 2.05) is 35.1 Å². The molecule has 130 valence electrons. The Kier molecular flexibility index (Phi) is 8.43. The lowest BCUT2D eigenvalue weighted by atomic mass is 10.2. The second kappa shape index (κ2) is 11.2. The van der Waals surface area contributed by atoms with Crippen LogP contribution in [0.2, 0.25) is 0 Å². The molecule has 0 saturated heterocycles. The summed E-state index contributed by atoms with van der Waals surface area (Å²) < 4.78 is 7.59. The van der Waals surface area contributed by atoms with Gasteiger partial charge in [-0.05, 0) is 25.0 Å². The van der Waals surface area contributed by atoms with Gasteiger partial charge in [-0.3, -0.25) is 9.67 Å². The SMILES string of the molecule is CCNC(=NCCCn1cccn1)NCCOCc1ccccc1. The van der Waals surface area contributed by atoms with E-state index in [2.05, 4.69) is 39.8 Å². The first-order valence-corrected chi connectivity index (χ1v) is 8.49. The summed E-state index contributed by atoms with van der Waals surface area (Å²) in [6.45, 7) is 6.57. The van der Waals surface area contributed by atoms with Gasteiger partial charge in [0.25, 0.3) is 0 Å². The van der Waals surface area contributed by atoms with Crippen LogP contribution in [-0.2, 0) is 17.9 Å². The molecule has 0 radical (unpaired) electrons.